The van der Waals surface area contributed by atoms with Crippen LogP contribution < -0.4 is 0 Å². The van der Waals surface area contributed by atoms with Crippen molar-refractivity contribution in [3.8, 4) is 0 Å². The van der Waals surface area contributed by atoms with Crippen LogP contribution in [0, 0.1) is 27.7 Å². The van der Waals surface area contributed by atoms with E-state index in [1.165, 1.54) is 87.3 Å². The number of rotatable bonds is 13. The van der Waals surface area contributed by atoms with Gasteiger partial charge in [-0.2, -0.15) is 18.6 Å². The number of halogens is 1. The molecule has 2 aromatic heterocycles. The van der Waals surface area contributed by atoms with Gasteiger partial charge in [0.05, 0.1) is 38.5 Å². The maximum Gasteiger partial charge on any atom is 0.330 e. The highest BCUT2D eigenvalue weighted by atomic mass is 35.5. The SMILES string of the molecule is COC(=O)/C=C/c1ccc(C2CCCC2)cc1.COC(=O)/C=C/c1ccc([C@H]2CCCN2CCc2c(C)nn(C)c2C)cc1.Cc1nn(C)c(C)c1CCOS(C)(=O)=O.Cl. The Hall–Kier alpha value is -4.56. The van der Waals surface area contributed by atoms with E-state index in [4.69, 9.17) is 0 Å². The van der Waals surface area contributed by atoms with Crippen LogP contribution in [-0.4, -0.2) is 85.0 Å². The Morgan fingerprint density at radius 3 is 1.62 bits per heavy atom. The van der Waals surface area contributed by atoms with E-state index in [2.05, 4.69) is 91.1 Å². The largest absolute Gasteiger partial charge is 0.466 e. The van der Waals surface area contributed by atoms with Crippen molar-refractivity contribution in [3.63, 3.8) is 0 Å². The molecule has 0 N–H and O–H groups in total. The number of likely N-dealkylation sites (tertiary alicyclic amines) is 1. The number of hydrogen-bond acceptors (Lipinski definition) is 10. The van der Waals surface area contributed by atoms with Gasteiger partial charge in [-0.1, -0.05) is 61.4 Å². The minimum absolute atomic E-state index is 0. The molecule has 0 bridgehead atoms. The third-order valence-electron chi connectivity index (χ3n) is 11.3. The normalized spacial score (nSPS) is 15.7. The minimum Gasteiger partial charge on any atom is -0.466 e. The average molecular weight is 867 g/mol. The van der Waals surface area contributed by atoms with Crippen molar-refractivity contribution in [2.45, 2.75) is 91.0 Å². The number of hydrogen-bond donors (Lipinski definition) is 0. The summed E-state index contributed by atoms with van der Waals surface area (Å²) >= 11 is 0. The first-order valence-corrected chi connectivity index (χ1v) is 22.2. The first-order chi connectivity index (χ1) is 28.1. The number of esters is 2. The second kappa shape index (κ2) is 24.0. The molecule has 0 radical (unpaired) electrons. The fourth-order valence-corrected chi connectivity index (χ4v) is 8.20. The Bertz CT molecular complexity index is 2150. The van der Waals surface area contributed by atoms with Gasteiger partial charge in [-0.25, -0.2) is 9.59 Å². The Balaban J connectivity index is 0.000000253. The van der Waals surface area contributed by atoms with Crippen LogP contribution in [0.2, 0.25) is 0 Å². The van der Waals surface area contributed by atoms with Gasteiger partial charge in [-0.05, 0) is 118 Å². The Morgan fingerprint density at radius 2 is 1.18 bits per heavy atom. The van der Waals surface area contributed by atoms with E-state index in [9.17, 15) is 18.0 Å². The molecule has 12 nitrogen and oxygen atoms in total. The molecular formula is C46H64ClN5O7S. The zero-order chi connectivity index (χ0) is 43.1. The number of aromatic nitrogens is 4. The summed E-state index contributed by atoms with van der Waals surface area (Å²) in [6.07, 6.45) is 16.9. The number of benzene rings is 2. The molecule has 2 aliphatic rings. The number of carbonyl (C=O) groups is 2. The van der Waals surface area contributed by atoms with Crippen molar-refractivity contribution in [2.24, 2.45) is 14.1 Å². The van der Waals surface area contributed by atoms with Crippen LogP contribution in [0.25, 0.3) is 12.2 Å². The van der Waals surface area contributed by atoms with Gasteiger partial charge in [0.25, 0.3) is 10.1 Å². The van der Waals surface area contributed by atoms with Gasteiger partial charge in [-0.3, -0.25) is 18.4 Å². The number of aryl methyl sites for hydroxylation is 4. The van der Waals surface area contributed by atoms with Crippen LogP contribution in [0.1, 0.15) is 107 Å². The van der Waals surface area contributed by atoms with Crippen LogP contribution in [-0.2, 0) is 60.3 Å². The van der Waals surface area contributed by atoms with Gasteiger partial charge in [-0.15, -0.1) is 12.4 Å². The standard InChI is InChI=1S/C22H29N3O2.C15H18O2.C9H16N2O3S.ClH/c1-16-20(17(2)24(3)23-16)13-15-25-14-5-6-21(25)19-10-7-18(8-11-19)9-12-22(26)27-4;1-17-15(16)11-8-12-6-9-14(10-7-12)13-4-2-3-5-13;1-7-9(8(2)11(3)10-7)5-6-14-15(4,12)13;/h7-12,21H,5-6,13-15H2,1-4H3;6-11,13H,2-5H2,1H3;5-6H2,1-4H3;1H/b12-9+;11-8+;;/t21-;;;/m1.../s1. The van der Waals surface area contributed by atoms with Crippen LogP contribution in [0.15, 0.2) is 60.7 Å². The van der Waals surface area contributed by atoms with Gasteiger partial charge in [0.2, 0.25) is 0 Å². The highest BCUT2D eigenvalue weighted by Crippen LogP contribution is 2.34. The predicted octanol–water partition coefficient (Wildman–Crippen LogP) is 8.11. The van der Waals surface area contributed by atoms with Crippen LogP contribution in [0.4, 0.5) is 0 Å². The summed E-state index contributed by atoms with van der Waals surface area (Å²) in [7, 11) is 3.31. The minimum atomic E-state index is -3.34. The van der Waals surface area contributed by atoms with Crippen molar-refractivity contribution < 1.29 is 31.7 Å². The van der Waals surface area contributed by atoms with Crippen molar-refractivity contribution in [1.29, 1.82) is 0 Å². The smallest absolute Gasteiger partial charge is 0.330 e. The Morgan fingerprint density at radius 1 is 0.717 bits per heavy atom. The third-order valence-corrected chi connectivity index (χ3v) is 11.9. The van der Waals surface area contributed by atoms with E-state index >= 15 is 0 Å². The lowest BCUT2D eigenvalue weighted by molar-refractivity contribution is -0.135. The summed E-state index contributed by atoms with van der Waals surface area (Å²) in [6, 6.07) is 17.4. The molecule has 14 heteroatoms. The van der Waals surface area contributed by atoms with Crippen LogP contribution in [0.5, 0.6) is 0 Å². The molecule has 328 valence electrons. The molecule has 4 aromatic rings. The summed E-state index contributed by atoms with van der Waals surface area (Å²) in [5.41, 5.74) is 11.6. The van der Waals surface area contributed by atoms with E-state index in [-0.39, 0.29) is 31.0 Å². The Kier molecular flexibility index (Phi) is 19.9. The molecule has 2 fully saturated rings. The molecule has 1 aliphatic carbocycles. The van der Waals surface area contributed by atoms with Gasteiger partial charge in [0.15, 0.2) is 0 Å². The summed E-state index contributed by atoms with van der Waals surface area (Å²) in [6.45, 7) is 10.5. The predicted molar refractivity (Wildman–Crippen MR) is 241 cm³/mol. The topological polar surface area (TPSA) is 135 Å². The number of ether oxygens (including phenoxy) is 2. The van der Waals surface area contributed by atoms with E-state index in [0.29, 0.717) is 12.5 Å². The lowest BCUT2D eigenvalue weighted by Gasteiger charge is -2.25. The van der Waals surface area contributed by atoms with E-state index in [1.54, 1.807) is 16.8 Å². The molecule has 0 spiro atoms. The van der Waals surface area contributed by atoms with Crippen molar-refractivity contribution in [2.75, 3.05) is 40.2 Å². The van der Waals surface area contributed by atoms with Gasteiger partial charge >= 0.3 is 11.9 Å². The summed E-state index contributed by atoms with van der Waals surface area (Å²) < 4.78 is 39.1. The number of carbonyl (C=O) groups excluding carboxylic acids is 2. The lowest BCUT2D eigenvalue weighted by atomic mass is 9.97. The van der Waals surface area contributed by atoms with Crippen molar-refractivity contribution in [3.05, 3.63) is 117 Å². The zero-order valence-electron chi connectivity index (χ0n) is 36.8. The van der Waals surface area contributed by atoms with Gasteiger partial charge in [0, 0.05) is 56.6 Å². The highest BCUT2D eigenvalue weighted by molar-refractivity contribution is 7.85. The molecule has 1 aliphatic heterocycles. The quantitative estimate of drug-likeness (QED) is 0.0737. The molecule has 1 saturated carbocycles. The van der Waals surface area contributed by atoms with Crippen LogP contribution >= 0.6 is 12.4 Å². The fourth-order valence-electron chi connectivity index (χ4n) is 7.81. The molecular weight excluding hydrogens is 802 g/mol. The molecule has 0 unspecified atom stereocenters. The third kappa shape index (κ3) is 15.2. The highest BCUT2D eigenvalue weighted by Gasteiger charge is 2.26. The second-order valence-electron chi connectivity index (χ2n) is 15.3. The Labute approximate surface area is 363 Å². The maximum atomic E-state index is 11.2. The first-order valence-electron chi connectivity index (χ1n) is 20.4. The van der Waals surface area contributed by atoms with E-state index in [0.717, 1.165) is 65.5 Å². The first kappa shape index (κ1) is 49.8. The molecule has 3 heterocycles. The maximum absolute atomic E-state index is 11.2. The van der Waals surface area contributed by atoms with Gasteiger partial charge in [0.1, 0.15) is 0 Å². The molecule has 1 atom stereocenters. The average Bonchev–Trinajstić information content (AvgIpc) is 4.02. The summed E-state index contributed by atoms with van der Waals surface area (Å²) in [5, 5.41) is 8.77. The monoisotopic (exact) mass is 865 g/mol. The summed E-state index contributed by atoms with van der Waals surface area (Å²) in [5.74, 6) is 0.0977. The fraction of sp³-hybridized carbons (Fsp3) is 0.478. The summed E-state index contributed by atoms with van der Waals surface area (Å²) in [4.78, 5) is 24.8. The van der Waals surface area contributed by atoms with E-state index in [1.807, 2.05) is 32.6 Å². The number of methoxy groups -OCH3 is 2. The molecule has 6 rings (SSSR count). The lowest BCUT2D eigenvalue weighted by Crippen LogP contribution is -2.26. The van der Waals surface area contributed by atoms with Crippen LogP contribution in [0.3, 0.4) is 0 Å². The molecule has 0 amide bonds. The van der Waals surface area contributed by atoms with Crippen molar-refractivity contribution in [1.82, 2.24) is 24.5 Å². The molecule has 1 saturated heterocycles. The zero-order valence-corrected chi connectivity index (χ0v) is 38.4. The molecule has 2 aromatic carbocycles. The van der Waals surface area contributed by atoms with Gasteiger partial charge < -0.3 is 9.47 Å². The molecule has 60 heavy (non-hydrogen) atoms. The van der Waals surface area contributed by atoms with E-state index < -0.39 is 10.1 Å². The van der Waals surface area contributed by atoms with Crippen molar-refractivity contribution >= 4 is 46.6 Å². The second-order valence-corrected chi connectivity index (χ2v) is 16.9. The number of nitrogens with zero attached hydrogens (tertiary/aromatic N) is 5.